The van der Waals surface area contributed by atoms with Crippen molar-refractivity contribution in [3.63, 3.8) is 0 Å². The number of carbonyl (C=O) groups excluding carboxylic acids is 2. The second-order valence-electron chi connectivity index (χ2n) is 6.17. The molecule has 3 N–H and O–H groups in total. The quantitative estimate of drug-likeness (QED) is 0.903. The molecule has 0 saturated carbocycles. The van der Waals surface area contributed by atoms with E-state index >= 15 is 0 Å². The zero-order chi connectivity index (χ0) is 16.7. The SMILES string of the molecule is Cc1cc(C(=O)Nc2sc3c(c2C(N)=O)CCC(C)C3)nn1C. The van der Waals surface area contributed by atoms with Gasteiger partial charge in [-0.05, 0) is 43.7 Å². The number of amides is 2. The molecule has 0 aromatic carbocycles. The molecular formula is C16H20N4O2S. The van der Waals surface area contributed by atoms with Gasteiger partial charge in [-0.1, -0.05) is 6.92 Å². The highest BCUT2D eigenvalue weighted by molar-refractivity contribution is 7.17. The van der Waals surface area contributed by atoms with Crippen molar-refractivity contribution in [2.24, 2.45) is 18.7 Å². The van der Waals surface area contributed by atoms with E-state index < -0.39 is 5.91 Å². The van der Waals surface area contributed by atoms with Gasteiger partial charge >= 0.3 is 0 Å². The van der Waals surface area contributed by atoms with E-state index in [1.54, 1.807) is 17.8 Å². The fourth-order valence-electron chi connectivity index (χ4n) is 2.94. The van der Waals surface area contributed by atoms with Gasteiger partial charge < -0.3 is 11.1 Å². The summed E-state index contributed by atoms with van der Waals surface area (Å²) in [6, 6.07) is 1.72. The summed E-state index contributed by atoms with van der Waals surface area (Å²) in [6.45, 7) is 4.07. The van der Waals surface area contributed by atoms with Gasteiger partial charge in [-0.3, -0.25) is 14.3 Å². The van der Waals surface area contributed by atoms with Crippen LogP contribution in [0.2, 0.25) is 0 Å². The Hall–Kier alpha value is -2.15. The van der Waals surface area contributed by atoms with E-state index in [1.807, 2.05) is 6.92 Å². The van der Waals surface area contributed by atoms with Crippen molar-refractivity contribution in [1.82, 2.24) is 9.78 Å². The highest BCUT2D eigenvalue weighted by Crippen LogP contribution is 2.39. The predicted molar refractivity (Wildman–Crippen MR) is 89.9 cm³/mol. The molecule has 0 aliphatic heterocycles. The molecule has 2 amide bonds. The normalized spacial score (nSPS) is 16.9. The maximum absolute atomic E-state index is 12.4. The number of hydrogen-bond acceptors (Lipinski definition) is 4. The van der Waals surface area contributed by atoms with Crippen LogP contribution in [0.4, 0.5) is 5.00 Å². The number of anilines is 1. The van der Waals surface area contributed by atoms with Crippen LogP contribution in [0.5, 0.6) is 0 Å². The number of primary amides is 1. The van der Waals surface area contributed by atoms with Crippen LogP contribution < -0.4 is 11.1 Å². The van der Waals surface area contributed by atoms with Gasteiger partial charge in [0.2, 0.25) is 0 Å². The average molecular weight is 332 g/mol. The molecule has 2 aromatic rings. The summed E-state index contributed by atoms with van der Waals surface area (Å²) in [5.74, 6) is -0.212. The van der Waals surface area contributed by atoms with E-state index in [1.165, 1.54) is 11.3 Å². The molecule has 1 aliphatic rings. The van der Waals surface area contributed by atoms with Crippen molar-refractivity contribution >= 4 is 28.2 Å². The smallest absolute Gasteiger partial charge is 0.276 e. The lowest BCUT2D eigenvalue weighted by atomic mass is 9.88. The molecule has 0 radical (unpaired) electrons. The summed E-state index contributed by atoms with van der Waals surface area (Å²) in [6.07, 6.45) is 2.81. The van der Waals surface area contributed by atoms with Gasteiger partial charge in [-0.15, -0.1) is 11.3 Å². The largest absolute Gasteiger partial charge is 0.365 e. The third-order valence-corrected chi connectivity index (χ3v) is 5.50. The summed E-state index contributed by atoms with van der Waals surface area (Å²) in [5.41, 5.74) is 8.26. The number of aromatic nitrogens is 2. The molecule has 0 saturated heterocycles. The van der Waals surface area contributed by atoms with Gasteiger partial charge in [0.1, 0.15) is 5.00 Å². The Kier molecular flexibility index (Phi) is 3.97. The molecule has 1 aliphatic carbocycles. The van der Waals surface area contributed by atoms with Crippen LogP contribution >= 0.6 is 11.3 Å². The third-order valence-electron chi connectivity index (χ3n) is 4.33. The van der Waals surface area contributed by atoms with Crippen molar-refractivity contribution in [3.8, 4) is 0 Å². The Morgan fingerprint density at radius 2 is 2.22 bits per heavy atom. The topological polar surface area (TPSA) is 90.0 Å². The van der Waals surface area contributed by atoms with Crippen LogP contribution in [-0.4, -0.2) is 21.6 Å². The molecule has 7 heteroatoms. The standard InChI is InChI=1S/C16H20N4O2S/c1-8-4-5-10-12(6-8)23-16(13(10)14(17)21)18-15(22)11-7-9(2)20(3)19-11/h7-8H,4-6H2,1-3H3,(H2,17,21)(H,18,22). The van der Waals surface area contributed by atoms with Gasteiger partial charge in [0.05, 0.1) is 5.56 Å². The van der Waals surface area contributed by atoms with Gasteiger partial charge in [0.25, 0.3) is 11.8 Å². The molecule has 0 spiro atoms. The lowest BCUT2D eigenvalue weighted by molar-refractivity contribution is 0.1000. The third kappa shape index (κ3) is 2.88. The van der Waals surface area contributed by atoms with E-state index in [0.717, 1.165) is 35.4 Å². The van der Waals surface area contributed by atoms with Crippen molar-refractivity contribution < 1.29 is 9.59 Å². The van der Waals surface area contributed by atoms with Crippen LogP contribution in [0.3, 0.4) is 0 Å². The minimum atomic E-state index is -0.482. The Labute approximate surface area is 138 Å². The Morgan fingerprint density at radius 3 is 2.83 bits per heavy atom. The molecule has 0 fully saturated rings. The van der Waals surface area contributed by atoms with Crippen LogP contribution in [0, 0.1) is 12.8 Å². The average Bonchev–Trinajstić information content (AvgIpc) is 2.99. The Balaban J connectivity index is 1.93. The minimum Gasteiger partial charge on any atom is -0.365 e. The number of carbonyl (C=O) groups is 2. The summed E-state index contributed by atoms with van der Waals surface area (Å²) in [4.78, 5) is 25.4. The molecule has 0 bridgehead atoms. The first-order chi connectivity index (χ1) is 10.9. The van der Waals surface area contributed by atoms with Gasteiger partial charge in [0, 0.05) is 17.6 Å². The van der Waals surface area contributed by atoms with E-state index in [-0.39, 0.29) is 5.91 Å². The maximum atomic E-state index is 12.4. The number of thiophene rings is 1. The lowest BCUT2D eigenvalue weighted by Crippen LogP contribution is -2.19. The van der Waals surface area contributed by atoms with Crippen molar-refractivity contribution in [2.75, 3.05) is 5.32 Å². The van der Waals surface area contributed by atoms with Gasteiger partial charge in [0.15, 0.2) is 5.69 Å². The van der Waals surface area contributed by atoms with Crippen molar-refractivity contribution in [2.45, 2.75) is 33.1 Å². The zero-order valence-electron chi connectivity index (χ0n) is 13.5. The fourth-order valence-corrected chi connectivity index (χ4v) is 4.35. The number of nitrogens with one attached hydrogen (secondary N) is 1. The minimum absolute atomic E-state index is 0.317. The number of aryl methyl sites for hydroxylation is 2. The first-order valence-corrected chi connectivity index (χ1v) is 8.44. The van der Waals surface area contributed by atoms with Crippen molar-refractivity contribution in [3.05, 3.63) is 33.5 Å². The number of fused-ring (bicyclic) bond motifs is 1. The Morgan fingerprint density at radius 1 is 1.48 bits per heavy atom. The monoisotopic (exact) mass is 332 g/mol. The summed E-state index contributed by atoms with van der Waals surface area (Å²) < 4.78 is 1.64. The fraction of sp³-hybridized carbons (Fsp3) is 0.438. The first-order valence-electron chi connectivity index (χ1n) is 7.63. The molecular weight excluding hydrogens is 312 g/mol. The van der Waals surface area contributed by atoms with Crippen LogP contribution in [0.25, 0.3) is 0 Å². The van der Waals surface area contributed by atoms with Crippen LogP contribution in [0.15, 0.2) is 6.07 Å². The highest BCUT2D eigenvalue weighted by Gasteiger charge is 2.27. The Bertz CT molecular complexity index is 771. The molecule has 6 nitrogen and oxygen atoms in total. The van der Waals surface area contributed by atoms with Crippen LogP contribution in [0.1, 0.15) is 50.3 Å². The molecule has 1 atom stereocenters. The van der Waals surface area contributed by atoms with Crippen LogP contribution in [-0.2, 0) is 19.9 Å². The molecule has 3 rings (SSSR count). The number of hydrogen-bond donors (Lipinski definition) is 2. The van der Waals surface area contributed by atoms with E-state index in [4.69, 9.17) is 5.73 Å². The second-order valence-corrected chi connectivity index (χ2v) is 7.27. The number of rotatable bonds is 3. The van der Waals surface area contributed by atoms with E-state index in [9.17, 15) is 9.59 Å². The first kappa shape index (κ1) is 15.7. The highest BCUT2D eigenvalue weighted by atomic mass is 32.1. The summed E-state index contributed by atoms with van der Waals surface area (Å²) in [7, 11) is 1.78. The maximum Gasteiger partial charge on any atom is 0.276 e. The van der Waals surface area contributed by atoms with Gasteiger partial charge in [-0.25, -0.2) is 0 Å². The summed E-state index contributed by atoms with van der Waals surface area (Å²) >= 11 is 1.46. The van der Waals surface area contributed by atoms with E-state index in [0.29, 0.717) is 22.2 Å². The molecule has 2 aromatic heterocycles. The summed E-state index contributed by atoms with van der Waals surface area (Å²) in [5, 5.41) is 7.54. The van der Waals surface area contributed by atoms with E-state index in [2.05, 4.69) is 17.3 Å². The predicted octanol–water partition coefficient (Wildman–Crippen LogP) is 2.27. The number of nitrogens with zero attached hydrogens (tertiary/aromatic N) is 2. The second kappa shape index (κ2) is 5.81. The zero-order valence-corrected chi connectivity index (χ0v) is 14.3. The molecule has 1 unspecified atom stereocenters. The molecule has 23 heavy (non-hydrogen) atoms. The van der Waals surface area contributed by atoms with Crippen molar-refractivity contribution in [1.29, 1.82) is 0 Å². The molecule has 2 heterocycles. The van der Waals surface area contributed by atoms with Gasteiger partial charge in [-0.2, -0.15) is 5.10 Å². The molecule has 122 valence electrons. The number of nitrogens with two attached hydrogens (primary N) is 1. The lowest BCUT2D eigenvalue weighted by Gasteiger charge is -2.18.